The minimum atomic E-state index is -0.824. The highest BCUT2D eigenvalue weighted by molar-refractivity contribution is 5.67. The van der Waals surface area contributed by atoms with Crippen molar-refractivity contribution >= 4 is 5.97 Å². The van der Waals surface area contributed by atoms with Gasteiger partial charge < -0.3 is 15.2 Å². The fourth-order valence-corrected chi connectivity index (χ4v) is 0.728. The molecule has 0 aromatic rings. The van der Waals surface area contributed by atoms with Crippen LogP contribution in [0, 0.1) is 0 Å². The van der Waals surface area contributed by atoms with Gasteiger partial charge in [-0.15, -0.1) is 0 Å². The highest BCUT2D eigenvalue weighted by Crippen LogP contribution is 2.05. The lowest BCUT2D eigenvalue weighted by atomic mass is 10.1. The minimum absolute atomic E-state index is 0.0554. The smallest absolute Gasteiger partial charge is 0.305 e. The summed E-state index contributed by atoms with van der Waals surface area (Å²) in [6.07, 6.45) is -0.176. The van der Waals surface area contributed by atoms with Crippen LogP contribution in [-0.4, -0.2) is 36.4 Å². The monoisotopic (exact) mass is 189 g/mol. The van der Waals surface area contributed by atoms with Gasteiger partial charge in [-0.3, -0.25) is 4.79 Å². The lowest BCUT2D eigenvalue weighted by molar-refractivity contribution is -0.140. The van der Waals surface area contributed by atoms with E-state index in [-0.39, 0.29) is 18.1 Å². The number of carboxylic acid groups (broad SMARTS) is 1. The normalized spacial score (nSPS) is 14.2. The van der Waals surface area contributed by atoms with Gasteiger partial charge in [0.2, 0.25) is 0 Å². The van der Waals surface area contributed by atoms with E-state index in [9.17, 15) is 4.79 Å². The highest BCUT2D eigenvalue weighted by atomic mass is 16.5. The molecule has 78 valence electrons. The summed E-state index contributed by atoms with van der Waals surface area (Å²) in [5.41, 5.74) is -0.104. The second-order valence-electron chi connectivity index (χ2n) is 3.85. The average molecular weight is 189 g/mol. The predicted molar refractivity (Wildman–Crippen MR) is 50.8 cm³/mol. The zero-order valence-corrected chi connectivity index (χ0v) is 8.76. The lowest BCUT2D eigenvalue weighted by Crippen LogP contribution is -2.42. The first-order valence-electron chi connectivity index (χ1n) is 4.39. The number of hydrogen-bond donors (Lipinski definition) is 2. The van der Waals surface area contributed by atoms with Crippen LogP contribution < -0.4 is 5.32 Å². The van der Waals surface area contributed by atoms with Crippen LogP contribution in [0.25, 0.3) is 0 Å². The van der Waals surface area contributed by atoms with Gasteiger partial charge in [-0.05, 0) is 27.8 Å². The van der Waals surface area contributed by atoms with E-state index in [1.807, 2.05) is 20.9 Å². The number of nitrogens with one attached hydrogen (secondary N) is 1. The van der Waals surface area contributed by atoms with Crippen LogP contribution in [0.3, 0.4) is 0 Å². The van der Waals surface area contributed by atoms with Crippen LogP contribution in [0.5, 0.6) is 0 Å². The van der Waals surface area contributed by atoms with Crippen LogP contribution in [0.1, 0.15) is 27.2 Å². The number of ether oxygens (including phenoxy) is 1. The Hall–Kier alpha value is -0.610. The minimum Gasteiger partial charge on any atom is -0.481 e. The Kier molecular flexibility index (Phi) is 4.95. The number of rotatable bonds is 6. The highest BCUT2D eigenvalue weighted by Gasteiger charge is 2.17. The molecule has 0 saturated heterocycles. The van der Waals surface area contributed by atoms with E-state index in [2.05, 4.69) is 5.32 Å². The zero-order valence-electron chi connectivity index (χ0n) is 8.76. The van der Waals surface area contributed by atoms with Crippen molar-refractivity contribution < 1.29 is 14.6 Å². The predicted octanol–water partition coefficient (Wildman–Crippen LogP) is 0.864. The second-order valence-corrected chi connectivity index (χ2v) is 3.85. The van der Waals surface area contributed by atoms with Crippen LogP contribution >= 0.6 is 0 Å². The van der Waals surface area contributed by atoms with Gasteiger partial charge >= 0.3 is 5.97 Å². The first-order chi connectivity index (χ1) is 5.87. The van der Waals surface area contributed by atoms with Gasteiger partial charge in [-0.2, -0.15) is 0 Å². The summed E-state index contributed by atoms with van der Waals surface area (Å²) in [7, 11) is 1.85. The summed E-state index contributed by atoms with van der Waals surface area (Å²) >= 11 is 0. The molecule has 0 bridgehead atoms. The molecule has 1 atom stereocenters. The largest absolute Gasteiger partial charge is 0.481 e. The number of hydrogen-bond acceptors (Lipinski definition) is 3. The summed E-state index contributed by atoms with van der Waals surface area (Å²) in [6.45, 7) is 6.28. The standard InChI is InChI=1S/C9H19NO3/c1-7(5-8(11)12)13-6-9(2,3)10-4/h7,10H,5-6H2,1-4H3,(H,11,12). The summed E-state index contributed by atoms with van der Waals surface area (Å²) < 4.78 is 5.37. The maximum atomic E-state index is 10.3. The van der Waals surface area contributed by atoms with Crippen molar-refractivity contribution in [2.75, 3.05) is 13.7 Å². The summed E-state index contributed by atoms with van der Waals surface area (Å²) in [6, 6.07) is 0. The quantitative estimate of drug-likeness (QED) is 0.650. The second kappa shape index (κ2) is 5.19. The molecule has 0 aliphatic heterocycles. The van der Waals surface area contributed by atoms with E-state index < -0.39 is 5.97 Å². The molecular formula is C9H19NO3. The fourth-order valence-electron chi connectivity index (χ4n) is 0.728. The van der Waals surface area contributed by atoms with Crippen LogP contribution in [0.2, 0.25) is 0 Å². The van der Waals surface area contributed by atoms with Crippen LogP contribution in [0.4, 0.5) is 0 Å². The van der Waals surface area contributed by atoms with E-state index in [0.717, 1.165) is 0 Å². The molecular weight excluding hydrogens is 170 g/mol. The third kappa shape index (κ3) is 6.54. The maximum Gasteiger partial charge on any atom is 0.305 e. The number of carbonyl (C=O) groups is 1. The van der Waals surface area contributed by atoms with Crippen molar-refractivity contribution in [2.24, 2.45) is 0 Å². The number of carboxylic acids is 1. The summed E-state index contributed by atoms with van der Waals surface area (Å²) in [4.78, 5) is 10.3. The van der Waals surface area contributed by atoms with E-state index in [1.54, 1.807) is 6.92 Å². The SMILES string of the molecule is CNC(C)(C)COC(C)CC(=O)O. The Bertz CT molecular complexity index is 168. The molecule has 0 aromatic carbocycles. The zero-order chi connectivity index (χ0) is 10.5. The third-order valence-corrected chi connectivity index (χ3v) is 1.87. The maximum absolute atomic E-state index is 10.3. The Balaban J connectivity index is 3.69. The Labute approximate surface area is 79.3 Å². The molecule has 0 radical (unpaired) electrons. The van der Waals surface area contributed by atoms with Crippen molar-refractivity contribution in [1.82, 2.24) is 5.32 Å². The van der Waals surface area contributed by atoms with Gasteiger partial charge in [0.15, 0.2) is 0 Å². The first-order valence-corrected chi connectivity index (χ1v) is 4.39. The van der Waals surface area contributed by atoms with Gasteiger partial charge in [-0.1, -0.05) is 0 Å². The molecule has 0 spiro atoms. The summed E-state index contributed by atoms with van der Waals surface area (Å²) in [5, 5.41) is 11.6. The van der Waals surface area contributed by atoms with Crippen molar-refractivity contribution in [3.63, 3.8) is 0 Å². The summed E-state index contributed by atoms with van der Waals surface area (Å²) in [5.74, 6) is -0.824. The fraction of sp³-hybridized carbons (Fsp3) is 0.889. The molecule has 4 heteroatoms. The van der Waals surface area contributed by atoms with Gasteiger partial charge in [-0.25, -0.2) is 0 Å². The molecule has 13 heavy (non-hydrogen) atoms. The van der Waals surface area contributed by atoms with E-state index in [1.165, 1.54) is 0 Å². The molecule has 0 aliphatic carbocycles. The van der Waals surface area contributed by atoms with Crippen LogP contribution in [0.15, 0.2) is 0 Å². The molecule has 0 fully saturated rings. The van der Waals surface area contributed by atoms with E-state index in [4.69, 9.17) is 9.84 Å². The van der Waals surface area contributed by atoms with E-state index >= 15 is 0 Å². The molecule has 0 aromatic heterocycles. The Morgan fingerprint density at radius 1 is 1.62 bits per heavy atom. The first kappa shape index (κ1) is 12.4. The molecule has 0 amide bonds. The number of likely N-dealkylation sites (N-methyl/N-ethyl adjacent to an activating group) is 1. The molecule has 0 aliphatic rings. The van der Waals surface area contributed by atoms with Gasteiger partial charge in [0.05, 0.1) is 19.1 Å². The molecule has 0 saturated carbocycles. The topological polar surface area (TPSA) is 58.6 Å². The van der Waals surface area contributed by atoms with Crippen molar-refractivity contribution in [3.05, 3.63) is 0 Å². The Morgan fingerprint density at radius 2 is 2.15 bits per heavy atom. The van der Waals surface area contributed by atoms with Crippen molar-refractivity contribution in [1.29, 1.82) is 0 Å². The van der Waals surface area contributed by atoms with Gasteiger partial charge in [0.25, 0.3) is 0 Å². The third-order valence-electron chi connectivity index (χ3n) is 1.87. The van der Waals surface area contributed by atoms with Gasteiger partial charge in [0, 0.05) is 5.54 Å². The van der Waals surface area contributed by atoms with Crippen LogP contribution in [-0.2, 0) is 9.53 Å². The molecule has 1 unspecified atom stereocenters. The lowest BCUT2D eigenvalue weighted by Gasteiger charge is -2.25. The number of aliphatic carboxylic acids is 1. The Morgan fingerprint density at radius 3 is 2.54 bits per heavy atom. The average Bonchev–Trinajstić information content (AvgIpc) is 2.00. The molecule has 4 nitrogen and oxygen atoms in total. The molecule has 2 N–H and O–H groups in total. The van der Waals surface area contributed by atoms with Crippen molar-refractivity contribution in [2.45, 2.75) is 38.8 Å². The van der Waals surface area contributed by atoms with E-state index in [0.29, 0.717) is 6.61 Å². The van der Waals surface area contributed by atoms with Crippen molar-refractivity contribution in [3.8, 4) is 0 Å². The van der Waals surface area contributed by atoms with Gasteiger partial charge in [0.1, 0.15) is 0 Å². The molecule has 0 heterocycles. The molecule has 0 rings (SSSR count).